The summed E-state index contributed by atoms with van der Waals surface area (Å²) in [6, 6.07) is 0.210. The molecule has 0 aromatic carbocycles. The molecule has 0 aliphatic heterocycles. The molecule has 1 rings (SSSR count). The fourth-order valence-electron chi connectivity index (χ4n) is 1.88. The number of unbranched alkanes of at least 4 members (excludes halogenated alkanes) is 1. The molecule has 0 radical (unpaired) electrons. The van der Waals surface area contributed by atoms with Crippen molar-refractivity contribution >= 4 is 22.6 Å². The van der Waals surface area contributed by atoms with Crippen molar-refractivity contribution in [2.24, 2.45) is 0 Å². The van der Waals surface area contributed by atoms with Gasteiger partial charge >= 0.3 is 0 Å². The summed E-state index contributed by atoms with van der Waals surface area (Å²) in [6.45, 7) is 2.15. The SMILES string of the molecule is CCCCC(CCS(C)=O)Nc1nc(N)ncc1OC. The number of anilines is 2. The molecule has 0 saturated carbocycles. The van der Waals surface area contributed by atoms with E-state index in [4.69, 9.17) is 10.5 Å². The van der Waals surface area contributed by atoms with E-state index in [1.807, 2.05) is 0 Å². The molecule has 1 aromatic heterocycles. The van der Waals surface area contributed by atoms with Gasteiger partial charge in [0.05, 0.1) is 13.3 Å². The molecule has 20 heavy (non-hydrogen) atoms. The minimum absolute atomic E-state index is 0.210. The number of nitrogens with zero attached hydrogens (tertiary/aromatic N) is 2. The Labute approximate surface area is 123 Å². The summed E-state index contributed by atoms with van der Waals surface area (Å²) in [7, 11) is 0.782. The van der Waals surface area contributed by atoms with Crippen molar-refractivity contribution in [3.63, 3.8) is 0 Å². The van der Waals surface area contributed by atoms with Gasteiger partial charge in [-0.3, -0.25) is 4.21 Å². The zero-order valence-corrected chi connectivity index (χ0v) is 13.2. The Hall–Kier alpha value is -1.37. The Kier molecular flexibility index (Phi) is 7.28. The zero-order valence-electron chi connectivity index (χ0n) is 12.4. The molecule has 3 N–H and O–H groups in total. The molecule has 1 aromatic rings. The molecular weight excluding hydrogens is 276 g/mol. The predicted octanol–water partition coefficient (Wildman–Crippen LogP) is 1.81. The van der Waals surface area contributed by atoms with Gasteiger partial charge in [0.25, 0.3) is 0 Å². The largest absolute Gasteiger partial charge is 0.491 e. The third-order valence-corrected chi connectivity index (χ3v) is 3.81. The second-order valence-corrected chi connectivity index (χ2v) is 6.25. The monoisotopic (exact) mass is 300 g/mol. The lowest BCUT2D eigenvalue weighted by Crippen LogP contribution is -2.23. The van der Waals surface area contributed by atoms with E-state index in [9.17, 15) is 4.21 Å². The first-order valence-corrected chi connectivity index (χ1v) is 8.52. The first kappa shape index (κ1) is 16.7. The number of rotatable bonds is 9. The molecular formula is C13H24N4O2S. The van der Waals surface area contributed by atoms with Crippen molar-refractivity contribution in [2.45, 2.75) is 38.6 Å². The van der Waals surface area contributed by atoms with E-state index in [1.165, 1.54) is 0 Å². The molecule has 6 nitrogen and oxygen atoms in total. The van der Waals surface area contributed by atoms with Gasteiger partial charge in [-0.2, -0.15) is 4.98 Å². The zero-order chi connectivity index (χ0) is 15.0. The number of hydrogen-bond donors (Lipinski definition) is 2. The van der Waals surface area contributed by atoms with Gasteiger partial charge in [0.2, 0.25) is 5.95 Å². The molecule has 2 atom stereocenters. The van der Waals surface area contributed by atoms with Crippen LogP contribution >= 0.6 is 0 Å². The number of ether oxygens (including phenoxy) is 1. The van der Waals surface area contributed by atoms with E-state index in [1.54, 1.807) is 19.6 Å². The number of nitrogens with one attached hydrogen (secondary N) is 1. The van der Waals surface area contributed by atoms with Crippen LogP contribution in [0.3, 0.4) is 0 Å². The van der Waals surface area contributed by atoms with Gasteiger partial charge in [-0.25, -0.2) is 4.98 Å². The average molecular weight is 300 g/mol. The van der Waals surface area contributed by atoms with Gasteiger partial charge < -0.3 is 15.8 Å². The van der Waals surface area contributed by atoms with Crippen molar-refractivity contribution in [1.82, 2.24) is 9.97 Å². The Morgan fingerprint density at radius 1 is 1.50 bits per heavy atom. The second kappa shape index (κ2) is 8.73. The summed E-state index contributed by atoms with van der Waals surface area (Å²) in [4.78, 5) is 8.08. The van der Waals surface area contributed by atoms with Crippen molar-refractivity contribution in [2.75, 3.05) is 30.2 Å². The van der Waals surface area contributed by atoms with Crippen LogP contribution in [0.15, 0.2) is 6.20 Å². The quantitative estimate of drug-likeness (QED) is 0.723. The van der Waals surface area contributed by atoms with Crippen LogP contribution in [0, 0.1) is 0 Å². The first-order chi connectivity index (χ1) is 9.56. The van der Waals surface area contributed by atoms with Crippen molar-refractivity contribution in [3.05, 3.63) is 6.20 Å². The normalized spacial score (nSPS) is 13.8. The summed E-state index contributed by atoms with van der Waals surface area (Å²) in [6.07, 6.45) is 7.34. The highest BCUT2D eigenvalue weighted by atomic mass is 32.2. The summed E-state index contributed by atoms with van der Waals surface area (Å²) < 4.78 is 16.5. The Balaban J connectivity index is 2.76. The molecule has 0 aliphatic rings. The summed E-state index contributed by atoms with van der Waals surface area (Å²) in [5.41, 5.74) is 5.61. The standard InChI is InChI=1S/C13H24N4O2S/c1-4-5-6-10(7-8-20(3)18)16-12-11(19-2)9-15-13(14)17-12/h9-10H,4-8H2,1-3H3,(H3,14,15,16,17). The van der Waals surface area contributed by atoms with Crippen molar-refractivity contribution in [1.29, 1.82) is 0 Å². The van der Waals surface area contributed by atoms with Gasteiger partial charge in [-0.15, -0.1) is 0 Å². The van der Waals surface area contributed by atoms with E-state index >= 15 is 0 Å². The number of aromatic nitrogens is 2. The lowest BCUT2D eigenvalue weighted by Gasteiger charge is -2.20. The maximum atomic E-state index is 11.3. The van der Waals surface area contributed by atoms with Crippen LogP contribution in [0.4, 0.5) is 11.8 Å². The Bertz CT molecular complexity index is 442. The minimum Gasteiger partial charge on any atom is -0.491 e. The number of hydrogen-bond acceptors (Lipinski definition) is 6. The van der Waals surface area contributed by atoms with Crippen LogP contribution in [-0.4, -0.2) is 39.3 Å². The van der Waals surface area contributed by atoms with E-state index in [2.05, 4.69) is 22.2 Å². The van der Waals surface area contributed by atoms with Crippen LogP contribution < -0.4 is 15.8 Å². The first-order valence-electron chi connectivity index (χ1n) is 6.79. The van der Waals surface area contributed by atoms with Crippen LogP contribution in [-0.2, 0) is 10.8 Å². The van der Waals surface area contributed by atoms with E-state index in [0.29, 0.717) is 17.3 Å². The molecule has 0 fully saturated rings. The number of methoxy groups -OCH3 is 1. The molecule has 0 aliphatic carbocycles. The third kappa shape index (κ3) is 5.73. The Morgan fingerprint density at radius 2 is 2.25 bits per heavy atom. The van der Waals surface area contributed by atoms with Gasteiger partial charge in [0.15, 0.2) is 11.6 Å². The topological polar surface area (TPSA) is 90.1 Å². The molecule has 0 spiro atoms. The van der Waals surface area contributed by atoms with Crippen molar-refractivity contribution < 1.29 is 8.95 Å². The third-order valence-electron chi connectivity index (χ3n) is 2.99. The predicted molar refractivity (Wildman–Crippen MR) is 83.5 cm³/mol. The maximum Gasteiger partial charge on any atom is 0.222 e. The number of nitrogen functional groups attached to an aromatic ring is 1. The minimum atomic E-state index is -0.790. The summed E-state index contributed by atoms with van der Waals surface area (Å²) in [5.74, 6) is 2.05. The maximum absolute atomic E-state index is 11.3. The fraction of sp³-hybridized carbons (Fsp3) is 0.692. The van der Waals surface area contributed by atoms with Gasteiger partial charge in [-0.05, 0) is 12.8 Å². The molecule has 2 unspecified atom stereocenters. The van der Waals surface area contributed by atoms with Gasteiger partial charge in [-0.1, -0.05) is 19.8 Å². The van der Waals surface area contributed by atoms with E-state index in [-0.39, 0.29) is 12.0 Å². The fourth-order valence-corrected chi connectivity index (χ4v) is 2.49. The Morgan fingerprint density at radius 3 is 2.85 bits per heavy atom. The van der Waals surface area contributed by atoms with Gasteiger partial charge in [0.1, 0.15) is 0 Å². The van der Waals surface area contributed by atoms with Crippen LogP contribution in [0.2, 0.25) is 0 Å². The highest BCUT2D eigenvalue weighted by Gasteiger charge is 2.13. The molecule has 0 saturated heterocycles. The average Bonchev–Trinajstić information content (AvgIpc) is 2.42. The molecule has 0 bridgehead atoms. The molecule has 7 heteroatoms. The summed E-state index contributed by atoms with van der Waals surface area (Å²) in [5, 5.41) is 3.34. The second-order valence-electron chi connectivity index (χ2n) is 4.69. The van der Waals surface area contributed by atoms with Crippen LogP contribution in [0.1, 0.15) is 32.6 Å². The highest BCUT2D eigenvalue weighted by Crippen LogP contribution is 2.23. The van der Waals surface area contributed by atoms with Crippen LogP contribution in [0.5, 0.6) is 5.75 Å². The smallest absolute Gasteiger partial charge is 0.222 e. The highest BCUT2D eigenvalue weighted by molar-refractivity contribution is 7.84. The van der Waals surface area contributed by atoms with Crippen molar-refractivity contribution in [3.8, 4) is 5.75 Å². The number of nitrogens with two attached hydrogens (primary N) is 1. The van der Waals surface area contributed by atoms with Crippen LogP contribution in [0.25, 0.3) is 0 Å². The van der Waals surface area contributed by atoms with Gasteiger partial charge in [0, 0.05) is 28.9 Å². The molecule has 0 amide bonds. The lowest BCUT2D eigenvalue weighted by molar-refractivity contribution is 0.412. The summed E-state index contributed by atoms with van der Waals surface area (Å²) >= 11 is 0. The molecule has 114 valence electrons. The lowest BCUT2D eigenvalue weighted by atomic mass is 10.1. The van der Waals surface area contributed by atoms with E-state index < -0.39 is 10.8 Å². The molecule has 1 heterocycles. The van der Waals surface area contributed by atoms with E-state index in [0.717, 1.165) is 25.7 Å².